The Bertz CT molecular complexity index is 800. The van der Waals surface area contributed by atoms with Gasteiger partial charge in [0.15, 0.2) is 5.78 Å². The van der Waals surface area contributed by atoms with Crippen molar-refractivity contribution >= 4 is 40.7 Å². The van der Waals surface area contributed by atoms with Crippen molar-refractivity contribution in [2.45, 2.75) is 0 Å². The molecule has 0 bridgehead atoms. The summed E-state index contributed by atoms with van der Waals surface area (Å²) in [6, 6.07) is 10.3. The maximum absolute atomic E-state index is 13.5. The molecule has 1 aliphatic heterocycles. The molecule has 0 amide bonds. The van der Waals surface area contributed by atoms with E-state index in [2.05, 4.69) is 4.90 Å². The first-order valence-corrected chi connectivity index (χ1v) is 8.60. The molecule has 1 fully saturated rings. The largest absolute Gasteiger partial charge is 0.378 e. The summed E-state index contributed by atoms with van der Waals surface area (Å²) in [4.78, 5) is 14.5. The third-order valence-corrected chi connectivity index (χ3v) is 4.67. The van der Waals surface area contributed by atoms with Crippen LogP contribution in [0.15, 0.2) is 42.5 Å². The van der Waals surface area contributed by atoms with Crippen molar-refractivity contribution < 1.29 is 13.9 Å². The van der Waals surface area contributed by atoms with Gasteiger partial charge in [-0.05, 0) is 35.9 Å². The summed E-state index contributed by atoms with van der Waals surface area (Å²) in [5.41, 5.74) is 1.95. The van der Waals surface area contributed by atoms with E-state index < -0.39 is 11.6 Å². The number of carbonyl (C=O) groups is 1. The van der Waals surface area contributed by atoms with E-state index in [0.29, 0.717) is 0 Å². The number of carbonyl (C=O) groups excluding carboxylic acids is 1. The van der Waals surface area contributed by atoms with E-state index >= 15 is 0 Å². The molecule has 3 nitrogen and oxygen atoms in total. The summed E-state index contributed by atoms with van der Waals surface area (Å²) in [6.45, 7) is 3.19. The average Bonchev–Trinajstić information content (AvgIpc) is 2.64. The number of anilines is 1. The number of ketones is 1. The van der Waals surface area contributed by atoms with Crippen molar-refractivity contribution in [3.8, 4) is 0 Å². The fourth-order valence-corrected chi connectivity index (χ4v) is 3.18. The summed E-state index contributed by atoms with van der Waals surface area (Å²) >= 11 is 11.8. The summed E-state index contributed by atoms with van der Waals surface area (Å²) in [5, 5.41) is -0.131. The van der Waals surface area contributed by atoms with Crippen LogP contribution in [0.2, 0.25) is 10.0 Å². The van der Waals surface area contributed by atoms with Gasteiger partial charge in [-0.25, -0.2) is 4.39 Å². The summed E-state index contributed by atoms with van der Waals surface area (Å²) < 4.78 is 18.9. The molecule has 0 unspecified atom stereocenters. The molecule has 0 atom stereocenters. The van der Waals surface area contributed by atoms with Gasteiger partial charge in [0, 0.05) is 18.8 Å². The van der Waals surface area contributed by atoms with Gasteiger partial charge >= 0.3 is 0 Å². The van der Waals surface area contributed by atoms with Crippen molar-refractivity contribution in [2.75, 3.05) is 31.2 Å². The van der Waals surface area contributed by atoms with Crippen molar-refractivity contribution in [1.29, 1.82) is 0 Å². The average molecular weight is 380 g/mol. The molecule has 1 heterocycles. The summed E-state index contributed by atoms with van der Waals surface area (Å²) in [6.07, 6.45) is 3.00. The molecule has 130 valence electrons. The van der Waals surface area contributed by atoms with Crippen LogP contribution in [-0.2, 0) is 4.74 Å². The molecule has 1 aliphatic rings. The molecule has 0 radical (unpaired) electrons. The van der Waals surface area contributed by atoms with Crippen LogP contribution in [0.1, 0.15) is 15.9 Å². The Morgan fingerprint density at radius 2 is 1.76 bits per heavy atom. The van der Waals surface area contributed by atoms with Crippen LogP contribution < -0.4 is 4.90 Å². The van der Waals surface area contributed by atoms with Crippen molar-refractivity contribution in [3.05, 3.63) is 69.5 Å². The van der Waals surface area contributed by atoms with E-state index in [1.54, 1.807) is 6.08 Å². The Morgan fingerprint density at radius 3 is 2.44 bits per heavy atom. The second-order valence-corrected chi connectivity index (χ2v) is 6.39. The predicted molar refractivity (Wildman–Crippen MR) is 99.3 cm³/mol. The number of hydrogen-bond donors (Lipinski definition) is 0. The first kappa shape index (κ1) is 17.9. The summed E-state index contributed by atoms with van der Waals surface area (Å²) in [7, 11) is 0. The number of rotatable bonds is 4. The molecule has 0 saturated carbocycles. The lowest BCUT2D eigenvalue weighted by atomic mass is 10.1. The van der Waals surface area contributed by atoms with Crippen LogP contribution in [0.25, 0.3) is 6.08 Å². The van der Waals surface area contributed by atoms with Crippen molar-refractivity contribution in [3.63, 3.8) is 0 Å². The zero-order valence-electron chi connectivity index (χ0n) is 13.3. The van der Waals surface area contributed by atoms with Crippen LogP contribution in [0.3, 0.4) is 0 Å². The zero-order chi connectivity index (χ0) is 17.8. The molecule has 0 aromatic heterocycles. The molecule has 0 N–H and O–H groups in total. The lowest BCUT2D eigenvalue weighted by molar-refractivity contribution is 0.104. The van der Waals surface area contributed by atoms with Gasteiger partial charge in [0.25, 0.3) is 0 Å². The Hall–Kier alpha value is -1.88. The van der Waals surface area contributed by atoms with Gasteiger partial charge in [0.1, 0.15) is 5.82 Å². The second-order valence-electron chi connectivity index (χ2n) is 5.61. The van der Waals surface area contributed by atoms with Gasteiger partial charge in [0.05, 0.1) is 28.8 Å². The molecular weight excluding hydrogens is 364 g/mol. The quantitative estimate of drug-likeness (QED) is 0.431. The van der Waals surface area contributed by atoms with E-state index in [9.17, 15) is 9.18 Å². The number of nitrogens with zero attached hydrogens (tertiary/aromatic N) is 1. The number of morpholine rings is 1. The lowest BCUT2D eigenvalue weighted by Gasteiger charge is -2.28. The van der Waals surface area contributed by atoms with Crippen LogP contribution >= 0.6 is 23.2 Å². The maximum Gasteiger partial charge on any atom is 0.188 e. The molecule has 6 heteroatoms. The van der Waals surface area contributed by atoms with Gasteiger partial charge in [-0.2, -0.15) is 0 Å². The number of allylic oxidation sites excluding steroid dienone is 1. The van der Waals surface area contributed by atoms with E-state index in [4.69, 9.17) is 27.9 Å². The zero-order valence-corrected chi connectivity index (χ0v) is 14.9. The fourth-order valence-electron chi connectivity index (χ4n) is 2.63. The van der Waals surface area contributed by atoms with Crippen LogP contribution in [0.4, 0.5) is 10.1 Å². The Morgan fingerprint density at radius 1 is 1.08 bits per heavy atom. The molecule has 2 aromatic carbocycles. The first-order chi connectivity index (χ1) is 12.1. The van der Waals surface area contributed by atoms with Gasteiger partial charge in [-0.3, -0.25) is 4.79 Å². The highest BCUT2D eigenvalue weighted by atomic mass is 35.5. The topological polar surface area (TPSA) is 29.5 Å². The summed E-state index contributed by atoms with van der Waals surface area (Å²) in [5.74, 6) is -1.11. The first-order valence-electron chi connectivity index (χ1n) is 7.85. The van der Waals surface area contributed by atoms with Crippen molar-refractivity contribution in [2.24, 2.45) is 0 Å². The number of benzene rings is 2. The highest BCUT2D eigenvalue weighted by molar-refractivity contribution is 6.40. The molecular formula is C19H16Cl2FNO2. The van der Waals surface area contributed by atoms with E-state index in [1.807, 2.05) is 24.3 Å². The second kappa shape index (κ2) is 8.00. The normalized spacial score (nSPS) is 14.9. The van der Waals surface area contributed by atoms with Crippen LogP contribution in [-0.4, -0.2) is 32.1 Å². The smallest absolute Gasteiger partial charge is 0.188 e. The number of halogens is 3. The van der Waals surface area contributed by atoms with Crippen molar-refractivity contribution in [1.82, 2.24) is 0 Å². The van der Waals surface area contributed by atoms with E-state index in [-0.39, 0.29) is 15.6 Å². The number of ether oxygens (including phenoxy) is 1. The fraction of sp³-hybridized carbons (Fsp3) is 0.211. The van der Waals surface area contributed by atoms with Crippen LogP contribution in [0.5, 0.6) is 0 Å². The molecule has 25 heavy (non-hydrogen) atoms. The van der Waals surface area contributed by atoms with Gasteiger partial charge < -0.3 is 9.64 Å². The third kappa shape index (κ3) is 4.21. The van der Waals surface area contributed by atoms with Gasteiger partial charge in [-0.1, -0.05) is 41.4 Å². The van der Waals surface area contributed by atoms with Gasteiger partial charge in [0.2, 0.25) is 0 Å². The van der Waals surface area contributed by atoms with E-state index in [1.165, 1.54) is 12.1 Å². The molecule has 0 aliphatic carbocycles. The minimum absolute atomic E-state index is 0.0236. The third-order valence-electron chi connectivity index (χ3n) is 3.99. The molecule has 2 aromatic rings. The standard InChI is InChI=1S/C19H16Cl2FNO2/c20-15-6-7-16(22)19(21)18(15)17(24)8-3-13-1-4-14(5-2-13)23-9-11-25-12-10-23/h1-8H,9-12H2/b8-3+. The highest BCUT2D eigenvalue weighted by Crippen LogP contribution is 2.28. The predicted octanol–water partition coefficient (Wildman–Crippen LogP) is 4.87. The Labute approximate surface area is 155 Å². The minimum atomic E-state index is -0.669. The molecule has 0 spiro atoms. The lowest BCUT2D eigenvalue weighted by Crippen LogP contribution is -2.36. The van der Waals surface area contributed by atoms with E-state index in [0.717, 1.165) is 43.6 Å². The monoisotopic (exact) mass is 379 g/mol. The Balaban J connectivity index is 1.73. The maximum atomic E-state index is 13.5. The SMILES string of the molecule is O=C(/C=C/c1ccc(N2CCOCC2)cc1)c1c(Cl)ccc(F)c1Cl. The Kier molecular flexibility index (Phi) is 5.74. The molecule has 1 saturated heterocycles. The molecule has 3 rings (SSSR count). The highest BCUT2D eigenvalue weighted by Gasteiger charge is 2.16. The van der Waals surface area contributed by atoms with Gasteiger partial charge in [-0.15, -0.1) is 0 Å². The van der Waals surface area contributed by atoms with Crippen LogP contribution in [0, 0.1) is 5.82 Å². The minimum Gasteiger partial charge on any atom is -0.378 e. The number of hydrogen-bond acceptors (Lipinski definition) is 3.